The second-order valence-corrected chi connectivity index (χ2v) is 9.55. The largest absolute Gasteiger partial charge is 0.381 e. The molecule has 3 aromatic rings. The van der Waals surface area contributed by atoms with Crippen molar-refractivity contribution >= 4 is 33.9 Å². The molecule has 3 aliphatic rings. The highest BCUT2D eigenvalue weighted by molar-refractivity contribution is 7.89. The molecule has 0 aliphatic heterocycles. The van der Waals surface area contributed by atoms with Crippen LogP contribution >= 0.6 is 12.4 Å². The Labute approximate surface area is 184 Å². The van der Waals surface area contributed by atoms with Crippen molar-refractivity contribution in [2.24, 2.45) is 5.41 Å². The third-order valence-corrected chi connectivity index (χ3v) is 7.51. The quantitative estimate of drug-likeness (QED) is 0.623. The molecule has 30 heavy (non-hydrogen) atoms. The van der Waals surface area contributed by atoms with Gasteiger partial charge < -0.3 is 5.73 Å². The fourth-order valence-corrected chi connectivity index (χ4v) is 6.05. The lowest BCUT2D eigenvalue weighted by molar-refractivity contribution is 0.161. The molecule has 0 atom stereocenters. The molecule has 0 amide bonds. The maximum atomic E-state index is 13.2. The number of nitrogens with zero attached hydrogens (tertiary/aromatic N) is 5. The number of sulfonamides is 1. The van der Waals surface area contributed by atoms with Gasteiger partial charge in [0, 0.05) is 15.2 Å². The maximum absolute atomic E-state index is 13.2. The Balaban J connectivity index is 0.00000259. The molecule has 0 spiro atoms. The van der Waals surface area contributed by atoms with Crippen LogP contribution in [0.15, 0.2) is 35.6 Å². The van der Waals surface area contributed by atoms with Gasteiger partial charge in [0.25, 0.3) is 0 Å². The summed E-state index contributed by atoms with van der Waals surface area (Å²) < 4.78 is 54.2. The van der Waals surface area contributed by atoms with Crippen LogP contribution in [0.25, 0.3) is 16.9 Å². The molecule has 0 radical (unpaired) electrons. The van der Waals surface area contributed by atoms with Crippen LogP contribution in [0.4, 0.5) is 5.82 Å². The topological polar surface area (TPSA) is 139 Å². The van der Waals surface area contributed by atoms with Crippen LogP contribution < -0.4 is 10.5 Å². The molecule has 3 saturated carbocycles. The number of rotatable bonds is 4. The van der Waals surface area contributed by atoms with E-state index in [2.05, 4.69) is 25.9 Å². The van der Waals surface area contributed by atoms with Crippen molar-refractivity contribution in [1.29, 1.82) is 5.26 Å². The number of halogens is 1. The van der Waals surface area contributed by atoms with Crippen molar-refractivity contribution in [2.75, 3.05) is 5.73 Å². The normalized spacial score (nSPS) is 26.7. The molecule has 9 nitrogen and oxygen atoms in total. The Kier molecular flexibility index (Phi) is 3.76. The summed E-state index contributed by atoms with van der Waals surface area (Å²) in [5.74, 6) is 0.110. The standard InChI is InChI=1S/C19H19N7O2S.ClH/c1-12-2-3-13(29(27,28)25-19-5-4-18(8-19,9-19)10-20)6-14(12)15-7-22-17-16(21)23-11-24-26(15)17;/h2-3,6-7,11,25H,4-5,8-9H2,1H3,(H2,21,23,24);1H/i1D3;. The van der Waals surface area contributed by atoms with E-state index >= 15 is 0 Å². The average Bonchev–Trinajstić information content (AvgIpc) is 3.38. The molecule has 1 aromatic carbocycles. The van der Waals surface area contributed by atoms with Crippen LogP contribution in [0.1, 0.15) is 35.4 Å². The molecule has 2 aromatic heterocycles. The van der Waals surface area contributed by atoms with Gasteiger partial charge in [-0.15, -0.1) is 12.4 Å². The molecule has 156 valence electrons. The number of nitrogens with one attached hydrogen (secondary N) is 1. The lowest BCUT2D eigenvalue weighted by Gasteiger charge is -2.43. The van der Waals surface area contributed by atoms with Gasteiger partial charge in [-0.3, -0.25) is 0 Å². The lowest BCUT2D eigenvalue weighted by Crippen LogP contribution is -2.55. The maximum Gasteiger partial charge on any atom is 0.241 e. The van der Waals surface area contributed by atoms with E-state index < -0.39 is 27.8 Å². The van der Waals surface area contributed by atoms with E-state index in [1.165, 1.54) is 35.2 Å². The van der Waals surface area contributed by atoms with Gasteiger partial charge in [0.1, 0.15) is 6.33 Å². The molecule has 2 bridgehead atoms. The SMILES string of the molecule is Cl.[2H]C([2H])([2H])c1ccc(S(=O)(=O)NC23CCC(C#N)(C2)C3)cc1-c1cnc2c(N)ncnn12. The second kappa shape index (κ2) is 6.63. The van der Waals surface area contributed by atoms with Crippen molar-refractivity contribution < 1.29 is 12.5 Å². The highest BCUT2D eigenvalue weighted by atomic mass is 35.5. The van der Waals surface area contributed by atoms with Crippen molar-refractivity contribution in [3.63, 3.8) is 0 Å². The van der Waals surface area contributed by atoms with Crippen molar-refractivity contribution in [3.05, 3.63) is 36.3 Å². The first-order chi connectivity index (χ1) is 15.0. The number of hydrogen-bond donors (Lipinski definition) is 2. The number of fused-ring (bicyclic) bond motifs is 2. The van der Waals surface area contributed by atoms with Gasteiger partial charge >= 0.3 is 0 Å². The number of anilines is 1. The number of hydrogen-bond acceptors (Lipinski definition) is 7. The smallest absolute Gasteiger partial charge is 0.241 e. The van der Waals surface area contributed by atoms with Crippen LogP contribution in [0, 0.1) is 23.6 Å². The van der Waals surface area contributed by atoms with Crippen LogP contribution in [-0.4, -0.2) is 33.5 Å². The van der Waals surface area contributed by atoms with Crippen LogP contribution in [0.2, 0.25) is 0 Å². The Bertz CT molecular complexity index is 1410. The summed E-state index contributed by atoms with van der Waals surface area (Å²) >= 11 is 0. The minimum absolute atomic E-state index is 0. The summed E-state index contributed by atoms with van der Waals surface area (Å²) in [7, 11) is -3.97. The van der Waals surface area contributed by atoms with Gasteiger partial charge in [0.2, 0.25) is 10.0 Å². The zero-order chi connectivity index (χ0) is 22.9. The van der Waals surface area contributed by atoms with E-state index in [-0.39, 0.29) is 45.6 Å². The molecular formula is C19H20ClN7O2S. The first-order valence-electron chi connectivity index (χ1n) is 10.5. The van der Waals surface area contributed by atoms with E-state index in [1.54, 1.807) is 0 Å². The molecule has 6 rings (SSSR count). The monoisotopic (exact) mass is 448 g/mol. The third-order valence-electron chi connectivity index (χ3n) is 5.93. The first kappa shape index (κ1) is 17.0. The number of benzene rings is 1. The molecule has 11 heteroatoms. The van der Waals surface area contributed by atoms with Gasteiger partial charge in [-0.1, -0.05) is 6.07 Å². The van der Waals surface area contributed by atoms with E-state index in [0.717, 1.165) is 0 Å². The number of aromatic nitrogens is 4. The van der Waals surface area contributed by atoms with E-state index in [4.69, 9.17) is 9.85 Å². The molecule has 3 aliphatic carbocycles. The van der Waals surface area contributed by atoms with Gasteiger partial charge in [0.05, 0.1) is 28.3 Å². The number of imidazole rings is 1. The highest BCUT2D eigenvalue weighted by Crippen LogP contribution is 2.61. The van der Waals surface area contributed by atoms with E-state index in [1.807, 2.05) is 0 Å². The highest BCUT2D eigenvalue weighted by Gasteiger charge is 2.62. The minimum atomic E-state index is -3.97. The van der Waals surface area contributed by atoms with Gasteiger partial charge in [0.15, 0.2) is 11.5 Å². The predicted molar refractivity (Wildman–Crippen MR) is 112 cm³/mol. The number of nitrogen functional groups attached to an aromatic ring is 1. The Morgan fingerprint density at radius 1 is 1.33 bits per heavy atom. The van der Waals surface area contributed by atoms with Gasteiger partial charge in [-0.05, 0) is 50.2 Å². The summed E-state index contributed by atoms with van der Waals surface area (Å²) in [5.41, 5.74) is 5.40. The Hall–Kier alpha value is -2.74. The fourth-order valence-electron chi connectivity index (χ4n) is 4.60. The molecule has 2 heterocycles. The van der Waals surface area contributed by atoms with Gasteiger partial charge in [-0.2, -0.15) is 10.4 Å². The van der Waals surface area contributed by atoms with Crippen molar-refractivity contribution in [3.8, 4) is 17.3 Å². The molecular weight excluding hydrogens is 426 g/mol. The number of nitriles is 1. The first-order valence-corrected chi connectivity index (χ1v) is 10.5. The number of aryl methyl sites for hydroxylation is 1. The van der Waals surface area contributed by atoms with Crippen LogP contribution in [-0.2, 0) is 10.0 Å². The van der Waals surface area contributed by atoms with Crippen LogP contribution in [0.3, 0.4) is 0 Å². The zero-order valence-electron chi connectivity index (χ0n) is 18.7. The summed E-state index contributed by atoms with van der Waals surface area (Å²) in [6, 6.07) is 6.18. The molecule has 3 fully saturated rings. The van der Waals surface area contributed by atoms with Crippen LogP contribution in [0.5, 0.6) is 0 Å². The summed E-state index contributed by atoms with van der Waals surface area (Å²) in [6.45, 7) is -2.50. The Morgan fingerprint density at radius 2 is 2.13 bits per heavy atom. The van der Waals surface area contributed by atoms with Crippen molar-refractivity contribution in [2.45, 2.75) is 43.0 Å². The zero-order valence-corrected chi connectivity index (χ0v) is 17.3. The number of nitrogens with two attached hydrogens (primary N) is 1. The third kappa shape index (κ3) is 2.93. The minimum Gasteiger partial charge on any atom is -0.381 e. The second-order valence-electron chi connectivity index (χ2n) is 7.86. The lowest BCUT2D eigenvalue weighted by atomic mass is 9.66. The van der Waals surface area contributed by atoms with Gasteiger partial charge in [-0.25, -0.2) is 27.6 Å². The predicted octanol–water partition coefficient (Wildman–Crippen LogP) is 2.22. The average molecular weight is 449 g/mol. The summed E-state index contributed by atoms with van der Waals surface area (Å²) in [4.78, 5) is 7.95. The molecule has 0 saturated heterocycles. The van der Waals surface area contributed by atoms with E-state index in [0.29, 0.717) is 25.7 Å². The molecule has 3 N–H and O–H groups in total. The Morgan fingerprint density at radius 3 is 2.83 bits per heavy atom. The summed E-state index contributed by atoms with van der Waals surface area (Å²) in [5, 5.41) is 13.4. The summed E-state index contributed by atoms with van der Waals surface area (Å²) in [6.07, 6.45) is 4.83. The van der Waals surface area contributed by atoms with E-state index in [9.17, 15) is 13.7 Å². The fraction of sp³-hybridized carbons (Fsp3) is 0.368. The van der Waals surface area contributed by atoms with Crippen molar-refractivity contribution in [1.82, 2.24) is 24.3 Å². The molecule has 0 unspecified atom stereocenters.